The van der Waals surface area contributed by atoms with Gasteiger partial charge in [0.15, 0.2) is 4.80 Å². The molecule has 156 valence electrons. The Bertz CT molecular complexity index is 1380. The first-order chi connectivity index (χ1) is 15.0. The SMILES string of the molecule is COC(=O)C1=C(C)N=c2s/c(=C/c3ccccc3F)c(=O)n2C1/C=C/c1ccccc1. The molecule has 0 aliphatic carbocycles. The highest BCUT2D eigenvalue weighted by atomic mass is 32.1. The molecule has 0 saturated heterocycles. The van der Waals surface area contributed by atoms with Crippen LogP contribution in [0.25, 0.3) is 12.2 Å². The number of esters is 1. The van der Waals surface area contributed by atoms with E-state index in [0.717, 1.165) is 16.9 Å². The van der Waals surface area contributed by atoms with Crippen LogP contribution in [0.4, 0.5) is 4.39 Å². The molecule has 7 heteroatoms. The lowest BCUT2D eigenvalue weighted by Gasteiger charge is -2.21. The van der Waals surface area contributed by atoms with Crippen LogP contribution in [0.15, 0.2) is 81.7 Å². The average Bonchev–Trinajstić information content (AvgIpc) is 3.08. The van der Waals surface area contributed by atoms with Crippen LogP contribution in [0.5, 0.6) is 0 Å². The summed E-state index contributed by atoms with van der Waals surface area (Å²) in [5.41, 5.74) is 1.67. The number of hydrogen-bond acceptors (Lipinski definition) is 5. The van der Waals surface area contributed by atoms with E-state index in [9.17, 15) is 14.0 Å². The molecule has 0 radical (unpaired) electrons. The first kappa shape index (κ1) is 20.7. The van der Waals surface area contributed by atoms with E-state index in [4.69, 9.17) is 4.74 Å². The summed E-state index contributed by atoms with van der Waals surface area (Å²) in [6.07, 6.45) is 5.14. The first-order valence-corrected chi connectivity index (χ1v) is 10.4. The third kappa shape index (κ3) is 4.04. The fraction of sp³-hybridized carbons (Fsp3) is 0.125. The third-order valence-electron chi connectivity index (χ3n) is 4.93. The monoisotopic (exact) mass is 434 g/mol. The van der Waals surface area contributed by atoms with Gasteiger partial charge in [0.05, 0.1) is 29.0 Å². The van der Waals surface area contributed by atoms with Gasteiger partial charge in [-0.2, -0.15) is 0 Å². The molecule has 3 aromatic rings. The third-order valence-corrected chi connectivity index (χ3v) is 5.91. The van der Waals surface area contributed by atoms with Crippen molar-refractivity contribution < 1.29 is 13.9 Å². The number of ether oxygens (including phenoxy) is 1. The number of benzene rings is 2. The van der Waals surface area contributed by atoms with Gasteiger partial charge in [0.25, 0.3) is 5.56 Å². The maximum Gasteiger partial charge on any atom is 0.338 e. The largest absolute Gasteiger partial charge is 0.466 e. The van der Waals surface area contributed by atoms with Crippen molar-refractivity contribution in [3.63, 3.8) is 0 Å². The Morgan fingerprint density at radius 2 is 1.87 bits per heavy atom. The Labute approximate surface area is 181 Å². The van der Waals surface area contributed by atoms with Crippen LogP contribution in [0.3, 0.4) is 0 Å². The van der Waals surface area contributed by atoms with E-state index in [1.807, 2.05) is 36.4 Å². The number of halogens is 1. The maximum absolute atomic E-state index is 14.1. The molecule has 0 fully saturated rings. The molecule has 5 nitrogen and oxygen atoms in total. The van der Waals surface area contributed by atoms with E-state index in [1.165, 1.54) is 23.8 Å². The molecular weight excluding hydrogens is 415 g/mol. The number of nitrogens with zero attached hydrogens (tertiary/aromatic N) is 2. The molecule has 0 amide bonds. The fourth-order valence-corrected chi connectivity index (χ4v) is 4.46. The van der Waals surface area contributed by atoms with E-state index in [-0.39, 0.29) is 5.56 Å². The number of aromatic nitrogens is 1. The van der Waals surface area contributed by atoms with Gasteiger partial charge < -0.3 is 4.74 Å². The topological polar surface area (TPSA) is 60.7 Å². The normalized spacial score (nSPS) is 16.4. The fourth-order valence-electron chi connectivity index (χ4n) is 3.42. The highest BCUT2D eigenvalue weighted by Gasteiger charge is 2.30. The minimum absolute atomic E-state index is 0.291. The molecule has 1 aliphatic heterocycles. The summed E-state index contributed by atoms with van der Waals surface area (Å²) in [6, 6.07) is 15.1. The summed E-state index contributed by atoms with van der Waals surface area (Å²) in [5, 5.41) is 0. The minimum Gasteiger partial charge on any atom is -0.466 e. The van der Waals surface area contributed by atoms with Crippen molar-refractivity contribution in [2.75, 3.05) is 7.11 Å². The lowest BCUT2D eigenvalue weighted by atomic mass is 10.0. The summed E-state index contributed by atoms with van der Waals surface area (Å²) in [5.74, 6) is -0.965. The number of methoxy groups -OCH3 is 1. The van der Waals surface area contributed by atoms with Crippen molar-refractivity contribution in [1.29, 1.82) is 0 Å². The average molecular weight is 434 g/mol. The van der Waals surface area contributed by atoms with Gasteiger partial charge in [0.2, 0.25) is 0 Å². The Morgan fingerprint density at radius 3 is 2.58 bits per heavy atom. The minimum atomic E-state index is -0.688. The summed E-state index contributed by atoms with van der Waals surface area (Å²) < 4.78 is 20.9. The van der Waals surface area contributed by atoms with Gasteiger partial charge in [-0.3, -0.25) is 9.36 Å². The van der Waals surface area contributed by atoms with E-state index < -0.39 is 17.8 Å². The molecule has 31 heavy (non-hydrogen) atoms. The van der Waals surface area contributed by atoms with Crippen LogP contribution >= 0.6 is 11.3 Å². The molecule has 1 aromatic heterocycles. The van der Waals surface area contributed by atoms with Crippen molar-refractivity contribution in [3.05, 3.63) is 109 Å². The number of rotatable bonds is 4. The molecule has 4 rings (SSSR count). The van der Waals surface area contributed by atoms with Crippen LogP contribution in [0, 0.1) is 5.82 Å². The lowest BCUT2D eigenvalue weighted by molar-refractivity contribution is -0.136. The Balaban J connectivity index is 1.90. The zero-order chi connectivity index (χ0) is 22.0. The van der Waals surface area contributed by atoms with Crippen molar-refractivity contribution in [3.8, 4) is 0 Å². The van der Waals surface area contributed by atoms with E-state index in [0.29, 0.717) is 26.2 Å². The zero-order valence-corrected chi connectivity index (χ0v) is 17.7. The number of hydrogen-bond donors (Lipinski definition) is 0. The molecule has 0 N–H and O–H groups in total. The Kier molecular flexibility index (Phi) is 5.77. The van der Waals surface area contributed by atoms with Gasteiger partial charge in [0.1, 0.15) is 5.82 Å². The van der Waals surface area contributed by atoms with Crippen molar-refractivity contribution in [2.45, 2.75) is 13.0 Å². The second-order valence-electron chi connectivity index (χ2n) is 6.91. The number of fused-ring (bicyclic) bond motifs is 1. The van der Waals surface area contributed by atoms with Gasteiger partial charge in [-0.25, -0.2) is 14.2 Å². The van der Waals surface area contributed by atoms with Gasteiger partial charge in [-0.15, -0.1) is 0 Å². The number of thiazole rings is 1. The summed E-state index contributed by atoms with van der Waals surface area (Å²) in [7, 11) is 1.30. The Morgan fingerprint density at radius 1 is 1.16 bits per heavy atom. The van der Waals surface area contributed by atoms with Crippen LogP contribution in [0.1, 0.15) is 24.1 Å². The molecule has 2 aromatic carbocycles. The second-order valence-corrected chi connectivity index (χ2v) is 7.92. The molecular formula is C24H19FN2O3S. The Hall–Kier alpha value is -3.58. The highest BCUT2D eigenvalue weighted by Crippen LogP contribution is 2.26. The maximum atomic E-state index is 14.1. The quantitative estimate of drug-likeness (QED) is 0.593. The predicted molar refractivity (Wildman–Crippen MR) is 119 cm³/mol. The van der Waals surface area contributed by atoms with E-state index >= 15 is 0 Å². The summed E-state index contributed by atoms with van der Waals surface area (Å²) >= 11 is 1.16. The van der Waals surface area contributed by atoms with Crippen LogP contribution < -0.4 is 14.9 Å². The lowest BCUT2D eigenvalue weighted by Crippen LogP contribution is -2.38. The molecule has 1 aliphatic rings. The smallest absolute Gasteiger partial charge is 0.338 e. The van der Waals surface area contributed by atoms with Crippen LogP contribution in [-0.4, -0.2) is 17.6 Å². The van der Waals surface area contributed by atoms with Gasteiger partial charge >= 0.3 is 5.97 Å². The molecule has 0 spiro atoms. The number of carbonyl (C=O) groups is 1. The molecule has 2 heterocycles. The van der Waals surface area contributed by atoms with Crippen LogP contribution in [-0.2, 0) is 9.53 Å². The van der Waals surface area contributed by atoms with Gasteiger partial charge in [-0.1, -0.05) is 72.0 Å². The zero-order valence-electron chi connectivity index (χ0n) is 16.9. The van der Waals surface area contributed by atoms with Crippen molar-refractivity contribution in [2.24, 2.45) is 4.99 Å². The predicted octanol–water partition coefficient (Wildman–Crippen LogP) is 3.21. The highest BCUT2D eigenvalue weighted by molar-refractivity contribution is 7.07. The van der Waals surface area contributed by atoms with Crippen molar-refractivity contribution in [1.82, 2.24) is 4.57 Å². The summed E-state index contributed by atoms with van der Waals surface area (Å²) in [6.45, 7) is 1.71. The molecule has 0 saturated carbocycles. The first-order valence-electron chi connectivity index (χ1n) is 9.58. The van der Waals surface area contributed by atoms with Gasteiger partial charge in [-0.05, 0) is 24.6 Å². The standard InChI is InChI=1S/C24H19FN2O3S/c1-15-21(23(29)30-2)19(13-12-16-8-4-3-5-9-16)27-22(28)20(31-24(27)26-15)14-17-10-6-7-11-18(17)25/h3-14,19H,1-2H3/b13-12+,20-14+. The van der Waals surface area contributed by atoms with Crippen molar-refractivity contribution >= 4 is 29.5 Å². The van der Waals surface area contributed by atoms with Crippen LogP contribution in [0.2, 0.25) is 0 Å². The van der Waals surface area contributed by atoms with E-state index in [2.05, 4.69) is 4.99 Å². The summed E-state index contributed by atoms with van der Waals surface area (Å²) in [4.78, 5) is 30.7. The number of carbonyl (C=O) groups excluding carboxylic acids is 1. The second kappa shape index (κ2) is 8.65. The molecule has 1 unspecified atom stereocenters. The molecule has 0 bridgehead atoms. The van der Waals surface area contributed by atoms with E-state index in [1.54, 1.807) is 31.2 Å². The number of allylic oxidation sites excluding steroid dienone is 2. The van der Waals surface area contributed by atoms with Gasteiger partial charge in [0, 0.05) is 5.56 Å². The molecule has 1 atom stereocenters.